The van der Waals surface area contributed by atoms with Crippen molar-refractivity contribution in [1.82, 2.24) is 16.0 Å². The van der Waals surface area contributed by atoms with Gasteiger partial charge in [0.2, 0.25) is 0 Å². The largest absolute Gasteiger partial charge is 0.372 e. The molecule has 0 spiro atoms. The molecule has 98 valence electrons. The van der Waals surface area contributed by atoms with Crippen molar-refractivity contribution in [3.05, 3.63) is 0 Å². The Morgan fingerprint density at radius 2 is 2.41 bits per heavy atom. The van der Waals surface area contributed by atoms with Gasteiger partial charge >= 0.3 is 0 Å². The molecule has 2 rings (SSSR count). The highest BCUT2D eigenvalue weighted by atomic mass is 15.1. The molecule has 2 aliphatic heterocycles. The van der Waals surface area contributed by atoms with E-state index < -0.39 is 0 Å². The van der Waals surface area contributed by atoms with E-state index in [9.17, 15) is 0 Å². The molecule has 0 aliphatic carbocycles. The molecule has 4 heteroatoms. The van der Waals surface area contributed by atoms with Crippen molar-refractivity contribution in [2.45, 2.75) is 45.2 Å². The first kappa shape index (κ1) is 12.8. The molecule has 3 N–H and O–H groups in total. The first-order valence-electron chi connectivity index (χ1n) is 7.03. The van der Waals surface area contributed by atoms with Crippen LogP contribution in [0.2, 0.25) is 0 Å². The van der Waals surface area contributed by atoms with Gasteiger partial charge in [0.05, 0.1) is 12.4 Å². The van der Waals surface area contributed by atoms with Crippen LogP contribution in [0.1, 0.15) is 33.1 Å². The predicted octanol–water partition coefficient (Wildman–Crippen LogP) is 0.744. The number of nitrogens with zero attached hydrogens (tertiary/aromatic N) is 1. The molecule has 2 aliphatic rings. The van der Waals surface area contributed by atoms with Crippen LogP contribution in [-0.4, -0.2) is 44.1 Å². The van der Waals surface area contributed by atoms with E-state index in [1.165, 1.54) is 25.2 Å². The molecule has 0 aromatic heterocycles. The van der Waals surface area contributed by atoms with Gasteiger partial charge in [0.25, 0.3) is 0 Å². The van der Waals surface area contributed by atoms with Crippen molar-refractivity contribution in [3.8, 4) is 0 Å². The molecule has 3 unspecified atom stereocenters. The molecule has 0 bridgehead atoms. The second kappa shape index (κ2) is 6.36. The second-order valence-corrected chi connectivity index (χ2v) is 5.31. The van der Waals surface area contributed by atoms with Crippen molar-refractivity contribution in [1.29, 1.82) is 0 Å². The number of amidine groups is 1. The number of hydrogen-bond acceptors (Lipinski definition) is 4. The highest BCUT2D eigenvalue weighted by Gasteiger charge is 2.27. The van der Waals surface area contributed by atoms with Crippen LogP contribution in [0.15, 0.2) is 4.99 Å². The molecule has 17 heavy (non-hydrogen) atoms. The minimum atomic E-state index is 0.593. The average molecular weight is 238 g/mol. The summed E-state index contributed by atoms with van der Waals surface area (Å²) in [5.41, 5.74) is 0. The zero-order valence-electron chi connectivity index (χ0n) is 11.1. The fraction of sp³-hybridized carbons (Fsp3) is 0.923. The van der Waals surface area contributed by atoms with Crippen LogP contribution in [0.4, 0.5) is 0 Å². The van der Waals surface area contributed by atoms with Crippen LogP contribution in [0.25, 0.3) is 0 Å². The maximum atomic E-state index is 4.47. The fourth-order valence-electron chi connectivity index (χ4n) is 2.87. The Morgan fingerprint density at radius 1 is 1.53 bits per heavy atom. The van der Waals surface area contributed by atoms with E-state index in [0.29, 0.717) is 12.1 Å². The number of rotatable bonds is 6. The maximum Gasteiger partial charge on any atom is 0.0965 e. The van der Waals surface area contributed by atoms with Gasteiger partial charge in [-0.2, -0.15) is 0 Å². The molecular weight excluding hydrogens is 212 g/mol. The van der Waals surface area contributed by atoms with Crippen LogP contribution >= 0.6 is 0 Å². The molecule has 0 saturated carbocycles. The Morgan fingerprint density at radius 3 is 3.00 bits per heavy atom. The van der Waals surface area contributed by atoms with Crippen molar-refractivity contribution < 1.29 is 0 Å². The van der Waals surface area contributed by atoms with E-state index in [0.717, 1.165) is 32.0 Å². The third-order valence-corrected chi connectivity index (χ3v) is 3.77. The van der Waals surface area contributed by atoms with Gasteiger partial charge in [0.15, 0.2) is 0 Å². The van der Waals surface area contributed by atoms with Crippen molar-refractivity contribution in [2.24, 2.45) is 10.9 Å². The average Bonchev–Trinajstić information content (AvgIpc) is 2.95. The molecular formula is C13H26N4. The van der Waals surface area contributed by atoms with Gasteiger partial charge in [0, 0.05) is 25.0 Å². The zero-order valence-corrected chi connectivity index (χ0v) is 11.1. The summed E-state index contributed by atoms with van der Waals surface area (Å²) < 4.78 is 0. The summed E-state index contributed by atoms with van der Waals surface area (Å²) in [6, 6.07) is 1.24. The highest BCUT2D eigenvalue weighted by molar-refractivity contribution is 5.83. The smallest absolute Gasteiger partial charge is 0.0965 e. The summed E-state index contributed by atoms with van der Waals surface area (Å²) >= 11 is 0. The molecule has 4 nitrogen and oxygen atoms in total. The first-order valence-corrected chi connectivity index (χ1v) is 7.03. The summed E-state index contributed by atoms with van der Waals surface area (Å²) in [6.07, 6.45) is 3.58. The number of hydrogen-bond donors (Lipinski definition) is 3. The topological polar surface area (TPSA) is 48.5 Å². The molecule has 0 radical (unpaired) electrons. The summed E-state index contributed by atoms with van der Waals surface area (Å²) in [6.45, 7) is 8.73. The van der Waals surface area contributed by atoms with Crippen LogP contribution < -0.4 is 16.0 Å². The SMILES string of the molecule is CCNC(CCC1=NCCN1)C1CC(C)CN1. The summed E-state index contributed by atoms with van der Waals surface area (Å²) in [4.78, 5) is 4.47. The van der Waals surface area contributed by atoms with Gasteiger partial charge < -0.3 is 16.0 Å². The van der Waals surface area contributed by atoms with Gasteiger partial charge in [-0.1, -0.05) is 13.8 Å². The van der Waals surface area contributed by atoms with Crippen molar-refractivity contribution in [3.63, 3.8) is 0 Å². The van der Waals surface area contributed by atoms with E-state index in [1.807, 2.05) is 0 Å². The van der Waals surface area contributed by atoms with Gasteiger partial charge in [-0.3, -0.25) is 4.99 Å². The minimum Gasteiger partial charge on any atom is -0.372 e. The summed E-state index contributed by atoms with van der Waals surface area (Å²) in [5.74, 6) is 2.03. The second-order valence-electron chi connectivity index (χ2n) is 5.31. The van der Waals surface area contributed by atoms with E-state index in [1.54, 1.807) is 0 Å². The summed E-state index contributed by atoms with van der Waals surface area (Å²) in [7, 11) is 0. The minimum absolute atomic E-state index is 0.593. The monoisotopic (exact) mass is 238 g/mol. The molecule has 1 saturated heterocycles. The Hall–Kier alpha value is -0.610. The molecule has 0 aromatic rings. The Kier molecular flexibility index (Phi) is 4.80. The van der Waals surface area contributed by atoms with Crippen molar-refractivity contribution in [2.75, 3.05) is 26.2 Å². The van der Waals surface area contributed by atoms with E-state index >= 15 is 0 Å². The zero-order chi connectivity index (χ0) is 12.1. The van der Waals surface area contributed by atoms with Gasteiger partial charge in [-0.25, -0.2) is 0 Å². The molecule has 2 heterocycles. The van der Waals surface area contributed by atoms with Gasteiger partial charge in [-0.05, 0) is 31.8 Å². The van der Waals surface area contributed by atoms with Crippen LogP contribution in [0, 0.1) is 5.92 Å². The quantitative estimate of drug-likeness (QED) is 0.640. The van der Waals surface area contributed by atoms with E-state index in [-0.39, 0.29) is 0 Å². The Labute approximate surface area is 105 Å². The third-order valence-electron chi connectivity index (χ3n) is 3.77. The predicted molar refractivity (Wildman–Crippen MR) is 72.6 cm³/mol. The molecule has 0 aromatic carbocycles. The summed E-state index contributed by atoms with van der Waals surface area (Å²) in [5, 5.41) is 10.6. The van der Waals surface area contributed by atoms with Crippen LogP contribution in [0.3, 0.4) is 0 Å². The highest BCUT2D eigenvalue weighted by Crippen LogP contribution is 2.18. The Bertz CT molecular complexity index is 264. The number of likely N-dealkylation sites (N-methyl/N-ethyl adjacent to an activating group) is 1. The third kappa shape index (κ3) is 3.68. The molecule has 3 atom stereocenters. The lowest BCUT2D eigenvalue weighted by Gasteiger charge is -2.24. The lowest BCUT2D eigenvalue weighted by Crippen LogP contribution is -2.45. The lowest BCUT2D eigenvalue weighted by atomic mass is 9.98. The number of aliphatic imine (C=N–C) groups is 1. The maximum absolute atomic E-state index is 4.47. The standard InChI is InChI=1S/C13H26N4/c1-3-14-11(12-8-10(2)9-17-12)4-5-13-15-6-7-16-13/h10-12,14,17H,3-9H2,1-2H3,(H,15,16). The van der Waals surface area contributed by atoms with Crippen LogP contribution in [0.5, 0.6) is 0 Å². The lowest BCUT2D eigenvalue weighted by molar-refractivity contribution is 0.387. The van der Waals surface area contributed by atoms with Crippen molar-refractivity contribution >= 4 is 5.84 Å². The van der Waals surface area contributed by atoms with Crippen LogP contribution in [-0.2, 0) is 0 Å². The fourth-order valence-corrected chi connectivity index (χ4v) is 2.87. The van der Waals surface area contributed by atoms with Gasteiger partial charge in [-0.15, -0.1) is 0 Å². The molecule has 0 amide bonds. The van der Waals surface area contributed by atoms with E-state index in [4.69, 9.17) is 0 Å². The van der Waals surface area contributed by atoms with Gasteiger partial charge in [0.1, 0.15) is 0 Å². The molecule has 1 fully saturated rings. The first-order chi connectivity index (χ1) is 8.29. The number of nitrogens with one attached hydrogen (secondary N) is 3. The normalized spacial score (nSPS) is 30.1. The Balaban J connectivity index is 1.79. The van der Waals surface area contributed by atoms with E-state index in [2.05, 4.69) is 34.8 Å².